The number of phenolic OH excluding ortho intramolecular Hbond substituents is 1. The average Bonchev–Trinajstić information content (AvgIpc) is 3.28. The zero-order valence-corrected chi connectivity index (χ0v) is 18.8. The molecule has 0 spiro atoms. The quantitative estimate of drug-likeness (QED) is 0.694. The summed E-state index contributed by atoms with van der Waals surface area (Å²) in [7, 11) is 0. The normalized spacial score (nSPS) is 28.1. The average molecular weight is 407 g/mol. The maximum Gasteiger partial charge on any atom is 0.115 e. The van der Waals surface area contributed by atoms with Gasteiger partial charge in [0.15, 0.2) is 0 Å². The molecule has 4 rings (SSSR count). The van der Waals surface area contributed by atoms with Crippen molar-refractivity contribution >= 4 is 0 Å². The molecule has 3 atom stereocenters. The largest absolute Gasteiger partial charge is 0.508 e. The number of nitrogens with zero attached hydrogens (tertiary/aromatic N) is 2. The van der Waals surface area contributed by atoms with Crippen LogP contribution in [0.2, 0.25) is 0 Å². The lowest BCUT2D eigenvalue weighted by Gasteiger charge is -2.50. The van der Waals surface area contributed by atoms with Gasteiger partial charge in [0.2, 0.25) is 0 Å². The second kappa shape index (κ2) is 9.53. The van der Waals surface area contributed by atoms with Crippen LogP contribution >= 0.6 is 0 Å². The molecule has 3 nitrogen and oxygen atoms in total. The maximum absolute atomic E-state index is 10.1. The summed E-state index contributed by atoms with van der Waals surface area (Å²) in [6, 6.07) is 19.5. The number of rotatable bonds is 7. The fourth-order valence-corrected chi connectivity index (χ4v) is 5.60. The molecule has 2 aromatic rings. The van der Waals surface area contributed by atoms with E-state index < -0.39 is 0 Å². The molecule has 2 aromatic carbocycles. The molecule has 30 heavy (non-hydrogen) atoms. The highest BCUT2D eigenvalue weighted by Crippen LogP contribution is 2.43. The first-order chi connectivity index (χ1) is 14.5. The van der Waals surface area contributed by atoms with Crippen LogP contribution in [-0.2, 0) is 11.8 Å². The fourth-order valence-electron chi connectivity index (χ4n) is 5.60. The number of aromatic hydroxyl groups is 1. The molecule has 0 aromatic heterocycles. The molecule has 2 unspecified atom stereocenters. The van der Waals surface area contributed by atoms with E-state index in [1.807, 2.05) is 12.1 Å². The van der Waals surface area contributed by atoms with Crippen LogP contribution in [0.5, 0.6) is 5.75 Å². The molecule has 2 saturated heterocycles. The van der Waals surface area contributed by atoms with Crippen LogP contribution in [0.4, 0.5) is 0 Å². The van der Waals surface area contributed by atoms with E-state index >= 15 is 0 Å². The molecule has 2 aliphatic heterocycles. The number of phenols is 1. The summed E-state index contributed by atoms with van der Waals surface area (Å²) in [4.78, 5) is 5.41. The Kier molecular flexibility index (Phi) is 6.80. The van der Waals surface area contributed by atoms with Gasteiger partial charge in [-0.2, -0.15) is 0 Å². The van der Waals surface area contributed by atoms with Crippen LogP contribution in [0.15, 0.2) is 54.6 Å². The Labute approximate surface area is 182 Å². The minimum absolute atomic E-state index is 0.109. The third-order valence-electron chi connectivity index (χ3n) is 7.79. The van der Waals surface area contributed by atoms with Crippen LogP contribution in [0.3, 0.4) is 0 Å². The van der Waals surface area contributed by atoms with Crippen molar-refractivity contribution in [3.05, 3.63) is 65.7 Å². The van der Waals surface area contributed by atoms with Crippen LogP contribution in [0.1, 0.15) is 50.7 Å². The van der Waals surface area contributed by atoms with Crippen LogP contribution in [-0.4, -0.2) is 53.7 Å². The minimum atomic E-state index is 0.109. The Bertz CT molecular complexity index is 802. The molecule has 2 fully saturated rings. The predicted octanol–water partition coefficient (Wildman–Crippen LogP) is 5.09. The van der Waals surface area contributed by atoms with Crippen LogP contribution in [0.25, 0.3) is 0 Å². The first-order valence-corrected chi connectivity index (χ1v) is 11.8. The summed E-state index contributed by atoms with van der Waals surface area (Å²) in [5.74, 6) is 0.944. The topological polar surface area (TPSA) is 26.7 Å². The second-order valence-corrected chi connectivity index (χ2v) is 9.79. The van der Waals surface area contributed by atoms with Crippen LogP contribution in [0, 0.1) is 5.92 Å². The number of likely N-dealkylation sites (tertiary alicyclic amines) is 2. The molecule has 1 N–H and O–H groups in total. The lowest BCUT2D eigenvalue weighted by atomic mass is 9.65. The molecule has 2 aliphatic rings. The SMILES string of the molecule is CC1CN(CCc2ccccc2)C(CCN2CCCC2)C[C@@]1(C)c1cccc(O)c1. The van der Waals surface area contributed by atoms with Gasteiger partial charge in [-0.15, -0.1) is 0 Å². The Morgan fingerprint density at radius 1 is 1.00 bits per heavy atom. The molecule has 0 aliphatic carbocycles. The van der Waals surface area contributed by atoms with Crippen LogP contribution < -0.4 is 0 Å². The Morgan fingerprint density at radius 3 is 2.50 bits per heavy atom. The summed E-state index contributed by atoms with van der Waals surface area (Å²) in [5, 5.41) is 10.1. The van der Waals surface area contributed by atoms with Gasteiger partial charge < -0.3 is 10.0 Å². The highest BCUT2D eigenvalue weighted by Gasteiger charge is 2.42. The summed E-state index contributed by atoms with van der Waals surface area (Å²) in [5.41, 5.74) is 2.84. The number of hydrogen-bond acceptors (Lipinski definition) is 3. The molecule has 2 heterocycles. The molecule has 0 saturated carbocycles. The number of hydrogen-bond donors (Lipinski definition) is 1. The fraction of sp³-hybridized carbons (Fsp3) is 0.556. The van der Waals surface area contributed by atoms with Crippen molar-refractivity contribution in [3.8, 4) is 5.75 Å². The smallest absolute Gasteiger partial charge is 0.115 e. The molecule has 0 bridgehead atoms. The van der Waals surface area contributed by atoms with E-state index in [4.69, 9.17) is 0 Å². The van der Waals surface area contributed by atoms with E-state index in [0.29, 0.717) is 17.7 Å². The van der Waals surface area contributed by atoms with Gasteiger partial charge in [0.05, 0.1) is 0 Å². The van der Waals surface area contributed by atoms with E-state index in [2.05, 4.69) is 60.0 Å². The highest BCUT2D eigenvalue weighted by atomic mass is 16.3. The van der Waals surface area contributed by atoms with Gasteiger partial charge in [-0.3, -0.25) is 4.90 Å². The lowest BCUT2D eigenvalue weighted by molar-refractivity contribution is 0.0463. The molecular weight excluding hydrogens is 368 g/mol. The first kappa shape index (κ1) is 21.4. The van der Waals surface area contributed by atoms with Gasteiger partial charge in [-0.25, -0.2) is 0 Å². The number of piperidine rings is 1. The van der Waals surface area contributed by atoms with Gasteiger partial charge >= 0.3 is 0 Å². The van der Waals surface area contributed by atoms with Crippen molar-refractivity contribution in [2.75, 3.05) is 32.7 Å². The van der Waals surface area contributed by atoms with Crippen molar-refractivity contribution in [2.45, 2.75) is 57.4 Å². The first-order valence-electron chi connectivity index (χ1n) is 11.8. The molecule has 3 heteroatoms. The Morgan fingerprint density at radius 2 is 1.77 bits per heavy atom. The van der Waals surface area contributed by atoms with Gasteiger partial charge in [0, 0.05) is 19.1 Å². The standard InChI is InChI=1S/C27H38N2O/c1-22-21-29(18-13-23-9-4-3-5-10-23)25(14-17-28-15-6-7-16-28)20-27(22,2)24-11-8-12-26(30)19-24/h3-5,8-12,19,22,25,30H,6-7,13-18,20-21H2,1-2H3/t22?,25?,27-/m1/s1. The Balaban J connectivity index is 1.50. The summed E-state index contributed by atoms with van der Waals surface area (Å²) in [6.45, 7) is 10.9. The number of benzene rings is 2. The van der Waals surface area contributed by atoms with E-state index in [1.54, 1.807) is 6.07 Å². The molecule has 162 valence electrons. The van der Waals surface area contributed by atoms with Crippen molar-refractivity contribution in [1.82, 2.24) is 9.80 Å². The van der Waals surface area contributed by atoms with Crippen molar-refractivity contribution in [3.63, 3.8) is 0 Å². The van der Waals surface area contributed by atoms with E-state index in [9.17, 15) is 5.11 Å². The third-order valence-corrected chi connectivity index (χ3v) is 7.79. The molecular formula is C27H38N2O. The van der Waals surface area contributed by atoms with E-state index in [1.165, 1.54) is 56.4 Å². The summed E-state index contributed by atoms with van der Waals surface area (Å²) >= 11 is 0. The van der Waals surface area contributed by atoms with Gasteiger partial charge in [0.25, 0.3) is 0 Å². The maximum atomic E-state index is 10.1. The second-order valence-electron chi connectivity index (χ2n) is 9.79. The minimum Gasteiger partial charge on any atom is -0.508 e. The van der Waals surface area contributed by atoms with Crippen molar-refractivity contribution in [1.29, 1.82) is 0 Å². The molecule has 0 radical (unpaired) electrons. The highest BCUT2D eigenvalue weighted by molar-refractivity contribution is 5.34. The van der Waals surface area contributed by atoms with Crippen molar-refractivity contribution in [2.24, 2.45) is 5.92 Å². The zero-order valence-electron chi connectivity index (χ0n) is 18.8. The Hall–Kier alpha value is -1.84. The summed E-state index contributed by atoms with van der Waals surface area (Å²) < 4.78 is 0. The monoisotopic (exact) mass is 406 g/mol. The van der Waals surface area contributed by atoms with Gasteiger partial charge in [-0.1, -0.05) is 56.3 Å². The van der Waals surface area contributed by atoms with E-state index in [0.717, 1.165) is 19.5 Å². The third kappa shape index (κ3) is 4.90. The van der Waals surface area contributed by atoms with Gasteiger partial charge in [-0.05, 0) is 86.3 Å². The summed E-state index contributed by atoms with van der Waals surface area (Å²) in [6.07, 6.45) is 6.26. The molecule has 0 amide bonds. The predicted molar refractivity (Wildman–Crippen MR) is 125 cm³/mol. The zero-order chi connectivity index (χ0) is 21.0. The lowest BCUT2D eigenvalue weighted by Crippen LogP contribution is -2.54. The van der Waals surface area contributed by atoms with E-state index in [-0.39, 0.29) is 5.41 Å². The van der Waals surface area contributed by atoms with Crippen molar-refractivity contribution < 1.29 is 5.11 Å². The van der Waals surface area contributed by atoms with Gasteiger partial charge in [0.1, 0.15) is 5.75 Å².